The van der Waals surface area contributed by atoms with Crippen LogP contribution < -0.4 is 0 Å². The molecular weight excluding hydrogens is 164 g/mol. The maximum Gasteiger partial charge on any atom is 0.143 e. The molecular formula is C10H20N2O. The monoisotopic (exact) mass is 184 g/mol. The average Bonchev–Trinajstić information content (AvgIpc) is 2.08. The first kappa shape index (κ1) is 10.7. The maximum absolute atomic E-state index is 11.0. The number of piperazine rings is 1. The van der Waals surface area contributed by atoms with Gasteiger partial charge in [0, 0.05) is 25.7 Å². The Morgan fingerprint density at radius 1 is 1.46 bits per heavy atom. The van der Waals surface area contributed by atoms with Gasteiger partial charge in [-0.05, 0) is 20.4 Å². The highest BCUT2D eigenvalue weighted by atomic mass is 16.1. The van der Waals surface area contributed by atoms with E-state index in [1.807, 2.05) is 0 Å². The van der Waals surface area contributed by atoms with Crippen molar-refractivity contribution in [2.75, 3.05) is 32.7 Å². The molecule has 76 valence electrons. The molecule has 3 heteroatoms. The summed E-state index contributed by atoms with van der Waals surface area (Å²) in [5.41, 5.74) is 0. The molecule has 0 spiro atoms. The Hall–Kier alpha value is -0.410. The molecule has 13 heavy (non-hydrogen) atoms. The van der Waals surface area contributed by atoms with Gasteiger partial charge in [-0.25, -0.2) is 0 Å². The van der Waals surface area contributed by atoms with E-state index in [0.29, 0.717) is 12.6 Å². The number of Topliss-reactive ketones (excluding diaryl/α,β-unsaturated/α-hetero) is 1. The van der Waals surface area contributed by atoms with Crippen molar-refractivity contribution in [3.05, 3.63) is 0 Å². The Kier molecular flexibility index (Phi) is 3.88. The number of ketones is 1. The molecule has 1 heterocycles. The summed E-state index contributed by atoms with van der Waals surface area (Å²) in [6, 6.07) is 0.526. The lowest BCUT2D eigenvalue weighted by molar-refractivity contribution is -0.119. The summed E-state index contributed by atoms with van der Waals surface area (Å²) in [5.74, 6) is 0.275. The van der Waals surface area contributed by atoms with Crippen LogP contribution in [0.1, 0.15) is 20.8 Å². The van der Waals surface area contributed by atoms with Gasteiger partial charge in [0.2, 0.25) is 0 Å². The molecule has 1 aliphatic heterocycles. The van der Waals surface area contributed by atoms with Crippen molar-refractivity contribution in [2.24, 2.45) is 0 Å². The van der Waals surface area contributed by atoms with Crippen molar-refractivity contribution in [3.8, 4) is 0 Å². The standard InChI is InChI=1S/C10H20N2O/c1-4-11-5-6-12(8-10(3)13)9(2)7-11/h9H,4-8H2,1-3H3. The van der Waals surface area contributed by atoms with Crippen LogP contribution >= 0.6 is 0 Å². The second kappa shape index (κ2) is 4.72. The second-order valence-corrected chi connectivity index (χ2v) is 3.91. The number of carbonyl (C=O) groups excluding carboxylic acids is 1. The molecule has 0 radical (unpaired) electrons. The van der Waals surface area contributed by atoms with Gasteiger partial charge in [-0.3, -0.25) is 9.69 Å². The summed E-state index contributed by atoms with van der Waals surface area (Å²) in [4.78, 5) is 15.7. The van der Waals surface area contributed by atoms with Crippen LogP contribution in [0.3, 0.4) is 0 Å². The smallest absolute Gasteiger partial charge is 0.143 e. The maximum atomic E-state index is 11.0. The first-order chi connectivity index (χ1) is 6.13. The van der Waals surface area contributed by atoms with Crippen LogP contribution in [-0.4, -0.2) is 54.3 Å². The number of rotatable bonds is 3. The van der Waals surface area contributed by atoms with E-state index in [-0.39, 0.29) is 5.78 Å². The van der Waals surface area contributed by atoms with Crippen LogP contribution in [-0.2, 0) is 4.79 Å². The van der Waals surface area contributed by atoms with E-state index in [1.54, 1.807) is 6.92 Å². The van der Waals surface area contributed by atoms with E-state index in [4.69, 9.17) is 0 Å². The summed E-state index contributed by atoms with van der Waals surface area (Å²) in [5, 5.41) is 0. The topological polar surface area (TPSA) is 23.6 Å². The minimum Gasteiger partial charge on any atom is -0.301 e. The van der Waals surface area contributed by atoms with E-state index in [2.05, 4.69) is 23.6 Å². The third-order valence-electron chi connectivity index (χ3n) is 2.72. The molecule has 1 aliphatic rings. The Balaban J connectivity index is 2.39. The number of hydrogen-bond donors (Lipinski definition) is 0. The van der Waals surface area contributed by atoms with Gasteiger partial charge in [-0.15, -0.1) is 0 Å². The van der Waals surface area contributed by atoms with Crippen LogP contribution in [0.15, 0.2) is 0 Å². The quantitative estimate of drug-likeness (QED) is 0.642. The molecule has 1 fully saturated rings. The Morgan fingerprint density at radius 3 is 2.62 bits per heavy atom. The summed E-state index contributed by atoms with van der Waals surface area (Å²) < 4.78 is 0. The molecule has 0 N–H and O–H groups in total. The Labute approximate surface area is 80.7 Å². The zero-order chi connectivity index (χ0) is 9.84. The molecule has 0 bridgehead atoms. The fourth-order valence-corrected chi connectivity index (χ4v) is 1.88. The van der Waals surface area contributed by atoms with Crippen LogP contribution in [0.4, 0.5) is 0 Å². The summed E-state index contributed by atoms with van der Waals surface area (Å²) in [7, 11) is 0. The second-order valence-electron chi connectivity index (χ2n) is 3.91. The zero-order valence-electron chi connectivity index (χ0n) is 8.92. The van der Waals surface area contributed by atoms with Crippen molar-refractivity contribution < 1.29 is 4.79 Å². The number of hydrogen-bond acceptors (Lipinski definition) is 3. The van der Waals surface area contributed by atoms with E-state index in [0.717, 1.165) is 26.2 Å². The third-order valence-corrected chi connectivity index (χ3v) is 2.72. The minimum atomic E-state index is 0.275. The number of nitrogens with zero attached hydrogens (tertiary/aromatic N) is 2. The molecule has 0 saturated carbocycles. The number of likely N-dealkylation sites (N-methyl/N-ethyl adjacent to an activating group) is 1. The molecule has 1 saturated heterocycles. The molecule has 0 aromatic rings. The molecule has 0 aromatic heterocycles. The first-order valence-electron chi connectivity index (χ1n) is 5.09. The first-order valence-corrected chi connectivity index (χ1v) is 5.09. The molecule has 1 rings (SSSR count). The lowest BCUT2D eigenvalue weighted by Gasteiger charge is -2.38. The summed E-state index contributed by atoms with van der Waals surface area (Å²) in [6.45, 7) is 11.0. The Bertz CT molecular complexity index is 182. The molecule has 0 aromatic carbocycles. The average molecular weight is 184 g/mol. The van der Waals surface area contributed by atoms with Crippen LogP contribution in [0.2, 0.25) is 0 Å². The van der Waals surface area contributed by atoms with Crippen molar-refractivity contribution in [1.82, 2.24) is 9.80 Å². The highest BCUT2D eigenvalue weighted by Crippen LogP contribution is 2.08. The Morgan fingerprint density at radius 2 is 2.15 bits per heavy atom. The van der Waals surface area contributed by atoms with Gasteiger partial charge in [0.25, 0.3) is 0 Å². The fraction of sp³-hybridized carbons (Fsp3) is 0.900. The molecule has 1 atom stereocenters. The predicted molar refractivity (Wildman–Crippen MR) is 53.8 cm³/mol. The van der Waals surface area contributed by atoms with Gasteiger partial charge in [-0.2, -0.15) is 0 Å². The molecule has 0 amide bonds. The van der Waals surface area contributed by atoms with Gasteiger partial charge < -0.3 is 4.90 Å². The third kappa shape index (κ3) is 3.08. The lowest BCUT2D eigenvalue weighted by Crippen LogP contribution is -2.52. The van der Waals surface area contributed by atoms with E-state index in [1.165, 1.54) is 0 Å². The SMILES string of the molecule is CCN1CCN(CC(C)=O)C(C)C1. The van der Waals surface area contributed by atoms with Crippen molar-refractivity contribution in [2.45, 2.75) is 26.8 Å². The molecule has 1 unspecified atom stereocenters. The number of carbonyl (C=O) groups is 1. The predicted octanol–water partition coefficient (Wildman–Crippen LogP) is 0.601. The summed E-state index contributed by atoms with van der Waals surface area (Å²) >= 11 is 0. The van der Waals surface area contributed by atoms with Crippen molar-refractivity contribution >= 4 is 5.78 Å². The van der Waals surface area contributed by atoms with Crippen LogP contribution in [0.25, 0.3) is 0 Å². The lowest BCUT2D eigenvalue weighted by atomic mass is 10.2. The fourth-order valence-electron chi connectivity index (χ4n) is 1.88. The highest BCUT2D eigenvalue weighted by molar-refractivity contribution is 5.77. The highest BCUT2D eigenvalue weighted by Gasteiger charge is 2.22. The normalized spacial score (nSPS) is 26.2. The van der Waals surface area contributed by atoms with Crippen LogP contribution in [0.5, 0.6) is 0 Å². The van der Waals surface area contributed by atoms with E-state index >= 15 is 0 Å². The summed E-state index contributed by atoms with van der Waals surface area (Å²) in [6.07, 6.45) is 0. The van der Waals surface area contributed by atoms with Gasteiger partial charge >= 0.3 is 0 Å². The van der Waals surface area contributed by atoms with Gasteiger partial charge in [0.15, 0.2) is 0 Å². The van der Waals surface area contributed by atoms with Gasteiger partial charge in [-0.1, -0.05) is 6.92 Å². The van der Waals surface area contributed by atoms with Crippen molar-refractivity contribution in [3.63, 3.8) is 0 Å². The van der Waals surface area contributed by atoms with Gasteiger partial charge in [0.1, 0.15) is 5.78 Å². The largest absolute Gasteiger partial charge is 0.301 e. The minimum absolute atomic E-state index is 0.275. The van der Waals surface area contributed by atoms with E-state index in [9.17, 15) is 4.79 Å². The molecule has 0 aliphatic carbocycles. The zero-order valence-corrected chi connectivity index (χ0v) is 8.92. The van der Waals surface area contributed by atoms with E-state index < -0.39 is 0 Å². The molecule has 3 nitrogen and oxygen atoms in total. The van der Waals surface area contributed by atoms with Crippen LogP contribution in [0, 0.1) is 0 Å². The van der Waals surface area contributed by atoms with Gasteiger partial charge in [0.05, 0.1) is 6.54 Å². The van der Waals surface area contributed by atoms with Crippen molar-refractivity contribution in [1.29, 1.82) is 0 Å².